The molecule has 1 aromatic heterocycles. The first-order valence-electron chi connectivity index (χ1n) is 4.81. The molecule has 0 aliphatic carbocycles. The van der Waals surface area contributed by atoms with Gasteiger partial charge in [-0.2, -0.15) is 0 Å². The van der Waals surface area contributed by atoms with Crippen molar-refractivity contribution in [2.75, 3.05) is 12.5 Å². The van der Waals surface area contributed by atoms with E-state index in [2.05, 4.69) is 17.7 Å². The summed E-state index contributed by atoms with van der Waals surface area (Å²) in [6.07, 6.45) is 4.40. The molecule has 3 heteroatoms. The standard InChI is InChI=1S/C12H14NOS/c1-15(2)9-11-8-12(13-14-11)10-6-4-3-5-7-10/h3-8H,9H2,1-2H3/q+1. The van der Waals surface area contributed by atoms with E-state index in [4.69, 9.17) is 4.52 Å². The molecule has 0 saturated carbocycles. The lowest BCUT2D eigenvalue weighted by molar-refractivity contribution is 0.397. The summed E-state index contributed by atoms with van der Waals surface area (Å²) in [7, 11) is 0.357. The fourth-order valence-electron chi connectivity index (χ4n) is 1.41. The van der Waals surface area contributed by atoms with Crippen LogP contribution in [-0.2, 0) is 16.6 Å². The molecule has 0 atom stereocenters. The van der Waals surface area contributed by atoms with E-state index in [1.54, 1.807) is 0 Å². The van der Waals surface area contributed by atoms with Gasteiger partial charge in [-0.15, -0.1) is 0 Å². The van der Waals surface area contributed by atoms with Gasteiger partial charge in [-0.1, -0.05) is 35.5 Å². The van der Waals surface area contributed by atoms with Gasteiger partial charge < -0.3 is 4.52 Å². The van der Waals surface area contributed by atoms with E-state index in [1.165, 1.54) is 0 Å². The lowest BCUT2D eigenvalue weighted by Crippen LogP contribution is -1.97. The third kappa shape index (κ3) is 2.63. The van der Waals surface area contributed by atoms with E-state index in [-0.39, 0.29) is 0 Å². The zero-order valence-electron chi connectivity index (χ0n) is 8.93. The van der Waals surface area contributed by atoms with Crippen LogP contribution in [0.1, 0.15) is 5.76 Å². The first-order chi connectivity index (χ1) is 7.25. The zero-order chi connectivity index (χ0) is 10.7. The lowest BCUT2D eigenvalue weighted by atomic mass is 10.1. The number of benzene rings is 1. The minimum Gasteiger partial charge on any atom is -0.356 e. The Bertz CT molecular complexity index is 422. The van der Waals surface area contributed by atoms with Crippen molar-refractivity contribution in [2.45, 2.75) is 5.75 Å². The third-order valence-corrected chi connectivity index (χ3v) is 2.92. The van der Waals surface area contributed by atoms with Gasteiger partial charge in [0.2, 0.25) is 0 Å². The molecule has 78 valence electrons. The minimum atomic E-state index is 0.357. The van der Waals surface area contributed by atoms with Crippen LogP contribution in [0.15, 0.2) is 40.9 Å². The van der Waals surface area contributed by atoms with Crippen molar-refractivity contribution >= 4 is 10.9 Å². The average molecular weight is 220 g/mol. The molecule has 2 aromatic rings. The van der Waals surface area contributed by atoms with Crippen molar-refractivity contribution in [1.82, 2.24) is 5.16 Å². The SMILES string of the molecule is C[S+](C)Cc1cc(-c2ccccc2)no1. The molecule has 2 rings (SSSR count). The van der Waals surface area contributed by atoms with Crippen molar-refractivity contribution < 1.29 is 4.52 Å². The van der Waals surface area contributed by atoms with Gasteiger partial charge in [0.1, 0.15) is 5.69 Å². The number of rotatable bonds is 3. The molecule has 0 spiro atoms. The molecule has 0 bridgehead atoms. The fourth-order valence-corrected chi connectivity index (χ4v) is 2.12. The number of hydrogen-bond acceptors (Lipinski definition) is 2. The summed E-state index contributed by atoms with van der Waals surface area (Å²) < 4.78 is 5.29. The van der Waals surface area contributed by atoms with Crippen LogP contribution >= 0.6 is 0 Å². The maximum atomic E-state index is 5.29. The predicted octanol–water partition coefficient (Wildman–Crippen LogP) is 2.72. The summed E-state index contributed by atoms with van der Waals surface area (Å²) >= 11 is 0. The highest BCUT2D eigenvalue weighted by Crippen LogP contribution is 2.19. The molecule has 0 amide bonds. The maximum Gasteiger partial charge on any atom is 0.186 e. The third-order valence-electron chi connectivity index (χ3n) is 2.06. The fraction of sp³-hybridized carbons (Fsp3) is 0.250. The first kappa shape index (κ1) is 10.3. The normalized spacial score (nSPS) is 10.9. The number of aromatic nitrogens is 1. The molecule has 2 nitrogen and oxygen atoms in total. The predicted molar refractivity (Wildman–Crippen MR) is 64.9 cm³/mol. The summed E-state index contributed by atoms with van der Waals surface area (Å²) in [6.45, 7) is 0. The lowest BCUT2D eigenvalue weighted by Gasteiger charge is -1.91. The van der Waals surface area contributed by atoms with Crippen LogP contribution in [0.4, 0.5) is 0 Å². The molecule has 0 unspecified atom stereocenters. The molecule has 1 aromatic carbocycles. The molecular weight excluding hydrogens is 206 g/mol. The average Bonchev–Trinajstić information content (AvgIpc) is 2.67. The molecule has 0 fully saturated rings. The van der Waals surface area contributed by atoms with Crippen LogP contribution in [0.3, 0.4) is 0 Å². The van der Waals surface area contributed by atoms with Gasteiger partial charge in [-0.25, -0.2) is 0 Å². The van der Waals surface area contributed by atoms with Crippen LogP contribution in [0.5, 0.6) is 0 Å². The topological polar surface area (TPSA) is 26.0 Å². The Hall–Kier alpha value is -1.22. The highest BCUT2D eigenvalue weighted by Gasteiger charge is 2.11. The number of nitrogens with zero attached hydrogens (tertiary/aromatic N) is 1. The van der Waals surface area contributed by atoms with E-state index in [9.17, 15) is 0 Å². The second-order valence-corrected chi connectivity index (χ2v) is 5.93. The van der Waals surface area contributed by atoms with Crippen LogP contribution in [0.25, 0.3) is 11.3 Å². The van der Waals surface area contributed by atoms with E-state index in [0.29, 0.717) is 10.9 Å². The molecule has 0 saturated heterocycles. The zero-order valence-corrected chi connectivity index (χ0v) is 9.75. The summed E-state index contributed by atoms with van der Waals surface area (Å²) in [4.78, 5) is 0. The Balaban J connectivity index is 2.21. The summed E-state index contributed by atoms with van der Waals surface area (Å²) in [6, 6.07) is 12.1. The molecule has 0 radical (unpaired) electrons. The van der Waals surface area contributed by atoms with Gasteiger partial charge >= 0.3 is 0 Å². The molecule has 15 heavy (non-hydrogen) atoms. The van der Waals surface area contributed by atoms with E-state index < -0.39 is 0 Å². The van der Waals surface area contributed by atoms with Gasteiger partial charge in [0.25, 0.3) is 0 Å². The molecular formula is C12H14NOS+. The monoisotopic (exact) mass is 220 g/mol. The van der Waals surface area contributed by atoms with Crippen LogP contribution in [0.2, 0.25) is 0 Å². The van der Waals surface area contributed by atoms with Crippen molar-refractivity contribution in [1.29, 1.82) is 0 Å². The smallest absolute Gasteiger partial charge is 0.186 e. The summed E-state index contributed by atoms with van der Waals surface area (Å²) in [5, 5.41) is 4.07. The van der Waals surface area contributed by atoms with Gasteiger partial charge in [-0.05, 0) is 10.9 Å². The van der Waals surface area contributed by atoms with Crippen molar-refractivity contribution in [3.05, 3.63) is 42.2 Å². The Kier molecular flexibility index (Phi) is 3.11. The van der Waals surface area contributed by atoms with Gasteiger partial charge in [0.15, 0.2) is 11.5 Å². The maximum absolute atomic E-state index is 5.29. The molecule has 0 aliphatic heterocycles. The Labute approximate surface area is 92.6 Å². The number of hydrogen-bond donors (Lipinski definition) is 0. The molecule has 1 heterocycles. The van der Waals surface area contributed by atoms with Crippen LogP contribution in [0, 0.1) is 0 Å². The van der Waals surface area contributed by atoms with E-state index >= 15 is 0 Å². The van der Waals surface area contributed by atoms with Crippen LogP contribution in [-0.4, -0.2) is 17.7 Å². The van der Waals surface area contributed by atoms with Crippen molar-refractivity contribution in [3.8, 4) is 11.3 Å². The minimum absolute atomic E-state index is 0.357. The largest absolute Gasteiger partial charge is 0.356 e. The summed E-state index contributed by atoms with van der Waals surface area (Å²) in [5.41, 5.74) is 2.04. The molecule has 0 aliphatic rings. The quantitative estimate of drug-likeness (QED) is 0.743. The Morgan fingerprint density at radius 1 is 1.20 bits per heavy atom. The molecule has 0 N–H and O–H groups in total. The van der Waals surface area contributed by atoms with Gasteiger partial charge in [-0.3, -0.25) is 0 Å². The highest BCUT2D eigenvalue weighted by atomic mass is 32.2. The Morgan fingerprint density at radius 3 is 2.60 bits per heavy atom. The second kappa shape index (κ2) is 4.53. The van der Waals surface area contributed by atoms with Gasteiger partial charge in [0, 0.05) is 11.6 Å². The van der Waals surface area contributed by atoms with Crippen LogP contribution < -0.4 is 0 Å². The second-order valence-electron chi connectivity index (χ2n) is 3.67. The summed E-state index contributed by atoms with van der Waals surface area (Å²) in [5.74, 6) is 1.95. The van der Waals surface area contributed by atoms with E-state index in [0.717, 1.165) is 22.8 Å². The van der Waals surface area contributed by atoms with E-state index in [1.807, 2.05) is 36.4 Å². The first-order valence-corrected chi connectivity index (χ1v) is 7.02. The van der Waals surface area contributed by atoms with Crippen molar-refractivity contribution in [2.24, 2.45) is 0 Å². The highest BCUT2D eigenvalue weighted by molar-refractivity contribution is 7.94. The Morgan fingerprint density at radius 2 is 1.93 bits per heavy atom. The van der Waals surface area contributed by atoms with Gasteiger partial charge in [0.05, 0.1) is 12.5 Å². The van der Waals surface area contributed by atoms with Crippen molar-refractivity contribution in [3.63, 3.8) is 0 Å².